The topological polar surface area (TPSA) is 112 Å². The number of nitriles is 1. The van der Waals surface area contributed by atoms with Crippen LogP contribution < -0.4 is 10.2 Å². The van der Waals surface area contributed by atoms with Crippen LogP contribution in [-0.4, -0.2) is 73.2 Å². The minimum atomic E-state index is -5.40. The summed E-state index contributed by atoms with van der Waals surface area (Å²) in [4.78, 5) is 40.4. The zero-order chi connectivity index (χ0) is 24.9. The van der Waals surface area contributed by atoms with E-state index in [1.807, 2.05) is 6.07 Å². The molecule has 2 fully saturated rings. The molecule has 1 N–H and O–H groups in total. The van der Waals surface area contributed by atoms with Crippen LogP contribution in [0.25, 0.3) is 0 Å². The molecule has 1 atom stereocenters. The number of rotatable bonds is 5. The Labute approximate surface area is 197 Å². The number of halogens is 3. The molecular weight excluding hydrogens is 477 g/mol. The second kappa shape index (κ2) is 10.4. The number of esters is 2. The molecule has 1 aromatic rings. The monoisotopic (exact) mass is 498 g/mol. The standard InChI is InChI=1S/C21H21F3N4O5S/c1-2-32-18(30)20(33-19(31)21(22,23)24)13-34-17(28(20)14-6-4-3-5-7-14)15(12-25)16(29)27-10-8-26-9-11-27/h3-7,26H,2,8-11,13H2,1H3. The van der Waals surface area contributed by atoms with E-state index in [4.69, 9.17) is 9.47 Å². The highest BCUT2D eigenvalue weighted by atomic mass is 32.2. The molecule has 9 nitrogen and oxygen atoms in total. The summed E-state index contributed by atoms with van der Waals surface area (Å²) in [6.45, 7) is 2.88. The molecule has 13 heteroatoms. The summed E-state index contributed by atoms with van der Waals surface area (Å²) >= 11 is 0.759. The number of amides is 1. The minimum Gasteiger partial charge on any atom is -0.462 e. The number of thioether (sulfide) groups is 1. The zero-order valence-corrected chi connectivity index (χ0v) is 18.9. The van der Waals surface area contributed by atoms with Gasteiger partial charge in [0.25, 0.3) is 11.6 Å². The first kappa shape index (κ1) is 25.4. The molecule has 34 heavy (non-hydrogen) atoms. The van der Waals surface area contributed by atoms with Gasteiger partial charge in [-0.2, -0.15) is 18.4 Å². The second-order valence-corrected chi connectivity index (χ2v) is 8.15. The van der Waals surface area contributed by atoms with Gasteiger partial charge in [-0.1, -0.05) is 30.0 Å². The van der Waals surface area contributed by atoms with Gasteiger partial charge in [-0.15, -0.1) is 0 Å². The molecule has 0 saturated carbocycles. The van der Waals surface area contributed by atoms with Gasteiger partial charge in [-0.05, 0) is 19.1 Å². The van der Waals surface area contributed by atoms with Crippen molar-refractivity contribution in [2.24, 2.45) is 0 Å². The van der Waals surface area contributed by atoms with Crippen molar-refractivity contribution in [3.05, 3.63) is 40.9 Å². The average Bonchev–Trinajstić information content (AvgIpc) is 3.20. The summed E-state index contributed by atoms with van der Waals surface area (Å²) in [5.41, 5.74) is -2.84. The zero-order valence-electron chi connectivity index (χ0n) is 18.1. The van der Waals surface area contributed by atoms with E-state index >= 15 is 0 Å². The molecule has 3 rings (SSSR count). The number of para-hydroxylation sites is 1. The molecule has 1 aromatic carbocycles. The van der Waals surface area contributed by atoms with Gasteiger partial charge in [0, 0.05) is 31.9 Å². The molecule has 2 aliphatic heterocycles. The third-order valence-corrected chi connectivity index (χ3v) is 6.21. The number of carbonyl (C=O) groups is 3. The fraction of sp³-hybridized carbons (Fsp3) is 0.429. The highest BCUT2D eigenvalue weighted by Crippen LogP contribution is 2.47. The predicted molar refractivity (Wildman–Crippen MR) is 115 cm³/mol. The molecular formula is C21H21F3N4O5S. The molecule has 0 spiro atoms. The van der Waals surface area contributed by atoms with Crippen LogP contribution in [0.4, 0.5) is 18.9 Å². The Bertz CT molecular complexity index is 1020. The Balaban J connectivity index is 2.19. The summed E-state index contributed by atoms with van der Waals surface area (Å²) in [7, 11) is 0. The van der Waals surface area contributed by atoms with Gasteiger partial charge in [0.2, 0.25) is 0 Å². The van der Waals surface area contributed by atoms with E-state index < -0.39 is 35.5 Å². The molecule has 0 radical (unpaired) electrons. The number of benzene rings is 1. The van der Waals surface area contributed by atoms with Gasteiger partial charge >= 0.3 is 18.1 Å². The quantitative estimate of drug-likeness (QED) is 0.369. The Kier molecular flexibility index (Phi) is 7.73. The first-order valence-corrected chi connectivity index (χ1v) is 11.2. The van der Waals surface area contributed by atoms with Crippen molar-refractivity contribution in [3.8, 4) is 6.07 Å². The lowest BCUT2D eigenvalue weighted by molar-refractivity contribution is -0.216. The normalized spacial score (nSPS) is 22.1. The van der Waals surface area contributed by atoms with E-state index in [9.17, 15) is 32.8 Å². The maximum atomic E-state index is 13.2. The number of piperazine rings is 1. The van der Waals surface area contributed by atoms with Crippen LogP contribution >= 0.6 is 11.8 Å². The summed E-state index contributed by atoms with van der Waals surface area (Å²) in [5.74, 6) is -5.03. The van der Waals surface area contributed by atoms with Gasteiger partial charge < -0.3 is 19.7 Å². The van der Waals surface area contributed by atoms with E-state index in [1.54, 1.807) is 18.2 Å². The Morgan fingerprint density at radius 2 is 1.85 bits per heavy atom. The maximum Gasteiger partial charge on any atom is 0.491 e. The molecule has 1 amide bonds. The summed E-state index contributed by atoms with van der Waals surface area (Å²) in [6, 6.07) is 9.44. The lowest BCUT2D eigenvalue weighted by Gasteiger charge is -2.36. The van der Waals surface area contributed by atoms with Crippen LogP contribution in [0, 0.1) is 11.3 Å². The number of nitrogens with zero attached hydrogens (tertiary/aromatic N) is 3. The minimum absolute atomic E-state index is 0.111. The number of carbonyl (C=O) groups excluding carboxylic acids is 3. The molecule has 0 bridgehead atoms. The van der Waals surface area contributed by atoms with Crippen molar-refractivity contribution in [3.63, 3.8) is 0 Å². The van der Waals surface area contributed by atoms with Crippen molar-refractivity contribution in [2.75, 3.05) is 43.4 Å². The third-order valence-electron chi connectivity index (χ3n) is 5.01. The molecule has 2 heterocycles. The molecule has 2 aliphatic rings. The number of nitrogens with one attached hydrogen (secondary N) is 1. The Hall–Kier alpha value is -3.24. The van der Waals surface area contributed by atoms with Crippen molar-refractivity contribution >= 4 is 35.3 Å². The van der Waals surface area contributed by atoms with E-state index in [1.165, 1.54) is 24.0 Å². The number of alkyl halides is 3. The summed E-state index contributed by atoms with van der Waals surface area (Å²) in [5, 5.41) is 12.8. The van der Waals surface area contributed by atoms with Crippen molar-refractivity contribution in [1.29, 1.82) is 5.26 Å². The molecule has 2 saturated heterocycles. The highest BCUT2D eigenvalue weighted by Gasteiger charge is 2.60. The van der Waals surface area contributed by atoms with Crippen molar-refractivity contribution < 1.29 is 37.0 Å². The lowest BCUT2D eigenvalue weighted by Crippen LogP contribution is -2.58. The van der Waals surface area contributed by atoms with E-state index in [-0.39, 0.29) is 22.9 Å². The van der Waals surface area contributed by atoms with Gasteiger partial charge in [0.1, 0.15) is 16.7 Å². The van der Waals surface area contributed by atoms with Crippen LogP contribution in [0.15, 0.2) is 40.9 Å². The van der Waals surface area contributed by atoms with Crippen LogP contribution in [-0.2, 0) is 23.9 Å². The van der Waals surface area contributed by atoms with E-state index in [0.29, 0.717) is 26.2 Å². The lowest BCUT2D eigenvalue weighted by atomic mass is 10.1. The summed E-state index contributed by atoms with van der Waals surface area (Å²) in [6.07, 6.45) is -5.40. The maximum absolute atomic E-state index is 13.2. The number of ether oxygens (including phenoxy) is 2. The van der Waals surface area contributed by atoms with E-state index in [0.717, 1.165) is 16.7 Å². The Morgan fingerprint density at radius 3 is 2.41 bits per heavy atom. The van der Waals surface area contributed by atoms with E-state index in [2.05, 4.69) is 5.32 Å². The van der Waals surface area contributed by atoms with Crippen molar-refractivity contribution in [1.82, 2.24) is 10.2 Å². The van der Waals surface area contributed by atoms with Crippen LogP contribution in [0.1, 0.15) is 6.92 Å². The molecule has 182 valence electrons. The third kappa shape index (κ3) is 4.97. The average molecular weight is 498 g/mol. The number of anilines is 1. The summed E-state index contributed by atoms with van der Waals surface area (Å²) < 4.78 is 49.3. The second-order valence-electron chi connectivity index (χ2n) is 7.19. The smallest absolute Gasteiger partial charge is 0.462 e. The number of hydrogen-bond donors (Lipinski definition) is 1. The molecule has 0 aliphatic carbocycles. The van der Waals surface area contributed by atoms with Crippen LogP contribution in [0.2, 0.25) is 0 Å². The molecule has 0 aromatic heterocycles. The van der Waals surface area contributed by atoms with Gasteiger partial charge in [-0.3, -0.25) is 9.69 Å². The fourth-order valence-electron chi connectivity index (χ4n) is 3.48. The first-order valence-electron chi connectivity index (χ1n) is 10.3. The van der Waals surface area contributed by atoms with Crippen LogP contribution in [0.3, 0.4) is 0 Å². The number of hydrogen-bond acceptors (Lipinski definition) is 9. The fourth-order valence-corrected chi connectivity index (χ4v) is 4.78. The predicted octanol–water partition coefficient (Wildman–Crippen LogP) is 1.77. The van der Waals surface area contributed by atoms with Crippen molar-refractivity contribution in [2.45, 2.75) is 18.8 Å². The largest absolute Gasteiger partial charge is 0.491 e. The first-order chi connectivity index (χ1) is 16.2. The Morgan fingerprint density at radius 1 is 1.21 bits per heavy atom. The van der Waals surface area contributed by atoms with Crippen LogP contribution in [0.5, 0.6) is 0 Å². The van der Waals surface area contributed by atoms with Gasteiger partial charge in [0.15, 0.2) is 0 Å². The SMILES string of the molecule is CCOC(=O)C1(OC(=O)C(F)(F)F)CSC(=C(C#N)C(=O)N2CCNCC2)N1c1ccccc1. The molecule has 1 unspecified atom stereocenters. The van der Waals surface area contributed by atoms with Gasteiger partial charge in [0.05, 0.1) is 12.4 Å². The van der Waals surface area contributed by atoms with Gasteiger partial charge in [-0.25, -0.2) is 9.59 Å². The highest BCUT2D eigenvalue weighted by molar-refractivity contribution is 8.03.